The van der Waals surface area contributed by atoms with Crippen LogP contribution in [0.5, 0.6) is 0 Å². The molecule has 12 heavy (non-hydrogen) atoms. The Morgan fingerprint density at radius 2 is 2.33 bits per heavy atom. The molecule has 2 heterocycles. The van der Waals surface area contributed by atoms with E-state index < -0.39 is 0 Å². The summed E-state index contributed by atoms with van der Waals surface area (Å²) in [5.41, 5.74) is 0.708. The largest absolute Gasteiger partial charge is 0.346 e. The lowest BCUT2D eigenvalue weighted by atomic mass is 10.3. The summed E-state index contributed by atoms with van der Waals surface area (Å²) in [6, 6.07) is 1.95. The van der Waals surface area contributed by atoms with Crippen molar-refractivity contribution in [3.63, 3.8) is 0 Å². The molecule has 62 valence electrons. The Bertz CT molecular complexity index is 483. The van der Waals surface area contributed by atoms with Crippen LogP contribution in [0.1, 0.15) is 0 Å². The summed E-state index contributed by atoms with van der Waals surface area (Å²) in [4.78, 5) is 14.0. The van der Waals surface area contributed by atoms with Crippen molar-refractivity contribution < 1.29 is 0 Å². The second kappa shape index (κ2) is 2.62. The van der Waals surface area contributed by atoms with Gasteiger partial charge in [0.25, 0.3) is 5.56 Å². The van der Waals surface area contributed by atoms with Gasteiger partial charge < -0.3 is 9.55 Å². The first kappa shape index (κ1) is 7.85. The number of hydrogen-bond donors (Lipinski definition) is 1. The number of hydrogen-bond acceptors (Lipinski definition) is 1. The van der Waals surface area contributed by atoms with Gasteiger partial charge in [0.2, 0.25) is 0 Å². The quantitative estimate of drug-likeness (QED) is 0.726. The molecule has 0 unspecified atom stereocenters. The van der Waals surface area contributed by atoms with Crippen LogP contribution in [0.25, 0.3) is 10.9 Å². The topological polar surface area (TPSA) is 37.8 Å². The molecule has 0 saturated carbocycles. The smallest absolute Gasteiger partial charge is 0.272 e. The number of aryl methyl sites for hydroxylation is 1. The molecule has 1 N–H and O–H groups in total. The fraction of sp³-hybridized carbons (Fsp3) is 0.125. The first-order valence-corrected chi connectivity index (χ1v) is 4.60. The highest BCUT2D eigenvalue weighted by molar-refractivity contribution is 14.1. The molecule has 0 atom stereocenters. The predicted molar refractivity (Wildman–Crippen MR) is 56.3 cm³/mol. The van der Waals surface area contributed by atoms with Crippen molar-refractivity contribution in [2.75, 3.05) is 0 Å². The van der Waals surface area contributed by atoms with E-state index >= 15 is 0 Å². The van der Waals surface area contributed by atoms with Crippen molar-refractivity contribution in [1.29, 1.82) is 0 Å². The predicted octanol–water partition coefficient (Wildman–Crippen LogP) is 1.47. The van der Waals surface area contributed by atoms with Crippen LogP contribution >= 0.6 is 22.6 Å². The van der Waals surface area contributed by atoms with E-state index in [1.165, 1.54) is 0 Å². The third kappa shape index (κ3) is 0.979. The second-order valence-corrected chi connectivity index (χ2v) is 3.82. The van der Waals surface area contributed by atoms with Gasteiger partial charge in [-0.1, -0.05) is 0 Å². The molecule has 0 aliphatic rings. The summed E-state index contributed by atoms with van der Waals surface area (Å²) >= 11 is 2.20. The number of H-pyrrole nitrogens is 1. The molecule has 0 aromatic carbocycles. The molecule has 0 spiro atoms. The highest BCUT2D eigenvalue weighted by atomic mass is 127. The van der Waals surface area contributed by atoms with Crippen LogP contribution in [0.2, 0.25) is 0 Å². The van der Waals surface area contributed by atoms with Crippen LogP contribution in [0.3, 0.4) is 0 Å². The van der Waals surface area contributed by atoms with Crippen molar-refractivity contribution in [2.45, 2.75) is 0 Å². The molecular weight excluding hydrogens is 267 g/mol. The fourth-order valence-electron chi connectivity index (χ4n) is 1.28. The number of nitrogens with one attached hydrogen (secondary N) is 1. The van der Waals surface area contributed by atoms with Crippen molar-refractivity contribution in [3.05, 3.63) is 32.4 Å². The molecule has 0 saturated heterocycles. The van der Waals surface area contributed by atoms with Crippen LogP contribution < -0.4 is 5.56 Å². The van der Waals surface area contributed by atoms with Crippen LogP contribution in [0.15, 0.2) is 23.3 Å². The Balaban J connectivity index is 3.09. The third-order valence-corrected chi connectivity index (χ3v) is 2.77. The first-order valence-electron chi connectivity index (χ1n) is 3.52. The summed E-state index contributed by atoms with van der Waals surface area (Å²) in [6.07, 6.45) is 3.62. The number of fused-ring (bicyclic) bond motifs is 1. The summed E-state index contributed by atoms with van der Waals surface area (Å²) in [5, 5.41) is 1.02. The fourth-order valence-corrected chi connectivity index (χ4v) is 1.87. The summed E-state index contributed by atoms with van der Waals surface area (Å²) in [5.74, 6) is 0. The second-order valence-electron chi connectivity index (χ2n) is 2.65. The molecule has 2 aromatic rings. The minimum Gasteiger partial charge on any atom is -0.346 e. The monoisotopic (exact) mass is 274 g/mol. The zero-order chi connectivity index (χ0) is 8.72. The van der Waals surface area contributed by atoms with E-state index in [4.69, 9.17) is 0 Å². The van der Waals surface area contributed by atoms with Crippen molar-refractivity contribution in [1.82, 2.24) is 9.55 Å². The minimum atomic E-state index is -0.0297. The first-order chi connectivity index (χ1) is 5.70. The number of aromatic nitrogens is 2. The van der Waals surface area contributed by atoms with Crippen molar-refractivity contribution in [2.24, 2.45) is 7.05 Å². The number of nitrogens with zero attached hydrogens (tertiary/aromatic N) is 1. The van der Waals surface area contributed by atoms with E-state index in [-0.39, 0.29) is 5.56 Å². The highest BCUT2D eigenvalue weighted by Gasteiger charge is 2.04. The maximum absolute atomic E-state index is 11.3. The minimum absolute atomic E-state index is 0.0297. The van der Waals surface area contributed by atoms with Gasteiger partial charge in [-0.25, -0.2) is 0 Å². The van der Waals surface area contributed by atoms with E-state index in [0.29, 0.717) is 0 Å². The molecule has 0 amide bonds. The Morgan fingerprint density at radius 3 is 3.00 bits per heavy atom. The van der Waals surface area contributed by atoms with Gasteiger partial charge in [-0.15, -0.1) is 0 Å². The maximum atomic E-state index is 11.3. The van der Waals surface area contributed by atoms with Gasteiger partial charge in [-0.3, -0.25) is 4.79 Å². The van der Waals surface area contributed by atoms with Crippen LogP contribution in [-0.2, 0) is 7.05 Å². The van der Waals surface area contributed by atoms with Gasteiger partial charge in [-0.05, 0) is 28.7 Å². The van der Waals surface area contributed by atoms with Gasteiger partial charge in [0.1, 0.15) is 5.52 Å². The summed E-state index contributed by atoms with van der Waals surface area (Å²) < 4.78 is 2.90. The number of aromatic amines is 1. The normalized spacial score (nSPS) is 10.8. The molecule has 0 aliphatic carbocycles. The Labute approximate surface area is 82.5 Å². The molecule has 0 bridgehead atoms. The number of halogens is 1. The Hall–Kier alpha value is -0.780. The van der Waals surface area contributed by atoms with Gasteiger partial charge >= 0.3 is 0 Å². The average molecular weight is 274 g/mol. The summed E-state index contributed by atoms with van der Waals surface area (Å²) in [6.45, 7) is 0. The van der Waals surface area contributed by atoms with Gasteiger partial charge in [0, 0.05) is 28.4 Å². The molecule has 0 aliphatic heterocycles. The van der Waals surface area contributed by atoms with Gasteiger partial charge in [0.15, 0.2) is 0 Å². The van der Waals surface area contributed by atoms with Crippen molar-refractivity contribution in [3.8, 4) is 0 Å². The molecule has 3 nitrogen and oxygen atoms in total. The molecule has 4 heteroatoms. The molecule has 0 radical (unpaired) electrons. The summed E-state index contributed by atoms with van der Waals surface area (Å²) in [7, 11) is 1.87. The Morgan fingerprint density at radius 1 is 1.58 bits per heavy atom. The SMILES string of the molecule is Cn1ccc2c(I)c[nH]c(=O)c21. The lowest BCUT2D eigenvalue weighted by molar-refractivity contribution is 0.957. The number of rotatable bonds is 0. The van der Waals surface area contributed by atoms with Crippen LogP contribution in [0.4, 0.5) is 0 Å². The lowest BCUT2D eigenvalue weighted by Crippen LogP contribution is -2.08. The van der Waals surface area contributed by atoms with E-state index in [2.05, 4.69) is 27.6 Å². The molecule has 0 fully saturated rings. The zero-order valence-corrected chi connectivity index (χ0v) is 8.62. The van der Waals surface area contributed by atoms with Crippen molar-refractivity contribution >= 4 is 33.5 Å². The standard InChI is InChI=1S/C8H7IN2O/c1-11-3-2-5-6(9)4-10-8(12)7(5)11/h2-4H,1H3,(H,10,12). The molecular formula is C8H7IN2O. The number of pyridine rings is 1. The van der Waals surface area contributed by atoms with Crippen LogP contribution in [-0.4, -0.2) is 9.55 Å². The zero-order valence-electron chi connectivity index (χ0n) is 6.47. The highest BCUT2D eigenvalue weighted by Crippen LogP contribution is 2.16. The molecule has 2 aromatic heterocycles. The van der Waals surface area contributed by atoms with E-state index in [1.807, 2.05) is 23.9 Å². The van der Waals surface area contributed by atoms with Gasteiger partial charge in [-0.2, -0.15) is 0 Å². The molecule has 2 rings (SSSR count). The Kier molecular flexibility index (Phi) is 1.71. The van der Waals surface area contributed by atoms with E-state index in [1.54, 1.807) is 6.20 Å². The van der Waals surface area contributed by atoms with E-state index in [0.717, 1.165) is 14.5 Å². The maximum Gasteiger partial charge on any atom is 0.272 e. The lowest BCUT2D eigenvalue weighted by Gasteiger charge is -1.95. The third-order valence-electron chi connectivity index (χ3n) is 1.88. The van der Waals surface area contributed by atoms with E-state index in [9.17, 15) is 4.79 Å². The van der Waals surface area contributed by atoms with Crippen LogP contribution in [0, 0.1) is 3.57 Å². The van der Waals surface area contributed by atoms with Gasteiger partial charge in [0.05, 0.1) is 0 Å². The average Bonchev–Trinajstić information content (AvgIpc) is 2.42.